The van der Waals surface area contributed by atoms with Crippen LogP contribution in [0.3, 0.4) is 0 Å². The lowest BCUT2D eigenvalue weighted by Crippen LogP contribution is -2.57. The zero-order valence-corrected chi connectivity index (χ0v) is 17.7. The zero-order valence-electron chi connectivity index (χ0n) is 17.7. The van der Waals surface area contributed by atoms with Crippen LogP contribution < -0.4 is 0 Å². The molecule has 30 heavy (non-hydrogen) atoms. The molecule has 5 aliphatic carbocycles. The van der Waals surface area contributed by atoms with Gasteiger partial charge in [0.2, 0.25) is 0 Å². The van der Waals surface area contributed by atoms with E-state index in [0.717, 1.165) is 25.7 Å². The molecule has 2 heterocycles. The van der Waals surface area contributed by atoms with E-state index in [0.29, 0.717) is 73.1 Å². The Labute approximate surface area is 178 Å². The van der Waals surface area contributed by atoms with Gasteiger partial charge >= 0.3 is 0 Å². The Kier molecular flexibility index (Phi) is 4.04. The first-order valence-corrected chi connectivity index (χ1v) is 12.5. The van der Waals surface area contributed by atoms with Gasteiger partial charge in [-0.2, -0.15) is 0 Å². The highest BCUT2D eigenvalue weighted by Crippen LogP contribution is 2.62. The van der Waals surface area contributed by atoms with Gasteiger partial charge in [0, 0.05) is 37.5 Å². The van der Waals surface area contributed by atoms with Gasteiger partial charge in [0.15, 0.2) is 0 Å². The van der Waals surface area contributed by atoms with E-state index in [1.807, 2.05) is 0 Å². The lowest BCUT2D eigenvalue weighted by Gasteiger charge is -2.60. The lowest BCUT2D eigenvalue weighted by atomic mass is 9.50. The van der Waals surface area contributed by atoms with Crippen LogP contribution in [0.15, 0.2) is 22.3 Å². The number of carbonyl (C=O) groups excluding carboxylic acids is 2. The number of Topliss-reactive ketones (excluding diaryl/α,β-unsaturated/α-hetero) is 2. The smallest absolute Gasteiger partial charge is 0.136 e. The SMILES string of the molecule is O=C1CCC2=C3[C@H]4[C@@H](CCC[C@H]4C4=C5CCC(=O)C[C@H]5O[C@@H]5CCC[C@@H]3[C@H]45)O[C@H]2C1. The third kappa shape index (κ3) is 2.47. The van der Waals surface area contributed by atoms with E-state index >= 15 is 0 Å². The second-order valence-corrected chi connectivity index (χ2v) is 10.9. The minimum absolute atomic E-state index is 0.0559. The van der Waals surface area contributed by atoms with Crippen molar-refractivity contribution in [1.29, 1.82) is 0 Å². The Balaban J connectivity index is 1.41. The van der Waals surface area contributed by atoms with Gasteiger partial charge in [0.1, 0.15) is 11.6 Å². The Morgan fingerprint density at radius 3 is 1.53 bits per heavy atom. The quantitative estimate of drug-likeness (QED) is 0.555. The molecule has 0 bridgehead atoms. The molecule has 7 rings (SSSR count). The summed E-state index contributed by atoms with van der Waals surface area (Å²) >= 11 is 0. The third-order valence-corrected chi connectivity index (χ3v) is 9.56. The van der Waals surface area contributed by atoms with Crippen LogP contribution in [-0.2, 0) is 19.1 Å². The van der Waals surface area contributed by atoms with Crippen molar-refractivity contribution in [3.05, 3.63) is 22.3 Å². The van der Waals surface area contributed by atoms with Crippen LogP contribution in [0.5, 0.6) is 0 Å². The second kappa shape index (κ2) is 6.62. The zero-order chi connectivity index (χ0) is 20.0. The Morgan fingerprint density at radius 2 is 1.07 bits per heavy atom. The molecule has 4 nitrogen and oxygen atoms in total. The van der Waals surface area contributed by atoms with Gasteiger partial charge in [-0.3, -0.25) is 9.59 Å². The fourth-order valence-electron chi connectivity index (χ4n) is 8.63. The molecule has 5 saturated carbocycles. The summed E-state index contributed by atoms with van der Waals surface area (Å²) in [5, 5.41) is 0. The average molecular weight is 409 g/mol. The van der Waals surface area contributed by atoms with Gasteiger partial charge in [-0.15, -0.1) is 0 Å². The Bertz CT molecular complexity index is 809. The summed E-state index contributed by atoms with van der Waals surface area (Å²) in [6, 6.07) is 0. The van der Waals surface area contributed by atoms with E-state index in [4.69, 9.17) is 9.47 Å². The molecule has 0 saturated heterocycles. The highest BCUT2D eigenvalue weighted by molar-refractivity contribution is 5.82. The van der Waals surface area contributed by atoms with E-state index in [1.165, 1.54) is 36.8 Å². The van der Waals surface area contributed by atoms with Crippen LogP contribution in [0.2, 0.25) is 0 Å². The molecule has 160 valence electrons. The standard InChI is InChI=1S/C26H32O4/c27-13-8-10-16-21(11-13)29-19-5-1-3-17-23-15-9-7-14(28)12-22(15)30-20-6-2-4-18(26(20)23)24(16)25(17)19/h17-22,25-26H,1-12H2/t17-,18-,19+,20+,21-,22+,25+,26-/m0/s1. The molecule has 0 N–H and O–H groups in total. The number of hydrogen-bond acceptors (Lipinski definition) is 4. The molecule has 0 unspecified atom stereocenters. The number of ether oxygens (including phenoxy) is 2. The molecule has 0 aromatic carbocycles. The molecule has 0 radical (unpaired) electrons. The van der Waals surface area contributed by atoms with Crippen molar-refractivity contribution >= 4 is 11.6 Å². The van der Waals surface area contributed by atoms with Crippen LogP contribution in [0.1, 0.15) is 77.0 Å². The number of hydrogen-bond donors (Lipinski definition) is 0. The molecule has 4 heteroatoms. The van der Waals surface area contributed by atoms with Crippen molar-refractivity contribution < 1.29 is 19.1 Å². The van der Waals surface area contributed by atoms with Crippen LogP contribution in [-0.4, -0.2) is 36.0 Å². The van der Waals surface area contributed by atoms with Gasteiger partial charge < -0.3 is 9.47 Å². The lowest BCUT2D eigenvalue weighted by molar-refractivity contribution is -0.137. The molecule has 5 fully saturated rings. The van der Waals surface area contributed by atoms with Crippen molar-refractivity contribution in [1.82, 2.24) is 0 Å². The summed E-state index contributed by atoms with van der Waals surface area (Å²) in [4.78, 5) is 24.4. The summed E-state index contributed by atoms with van der Waals surface area (Å²) < 4.78 is 13.4. The van der Waals surface area contributed by atoms with Gasteiger partial charge in [-0.1, -0.05) is 24.0 Å². The molecule has 0 amide bonds. The van der Waals surface area contributed by atoms with Gasteiger partial charge in [-0.25, -0.2) is 0 Å². The minimum Gasteiger partial charge on any atom is -0.370 e. The summed E-state index contributed by atoms with van der Waals surface area (Å²) in [7, 11) is 0. The number of rotatable bonds is 0. The topological polar surface area (TPSA) is 52.6 Å². The fourth-order valence-corrected chi connectivity index (χ4v) is 8.63. The van der Waals surface area contributed by atoms with Crippen LogP contribution in [0.4, 0.5) is 0 Å². The van der Waals surface area contributed by atoms with E-state index in [2.05, 4.69) is 0 Å². The maximum atomic E-state index is 12.2. The first-order chi connectivity index (χ1) is 14.7. The summed E-state index contributed by atoms with van der Waals surface area (Å²) in [6.45, 7) is 0. The molecule has 0 aromatic heterocycles. The third-order valence-electron chi connectivity index (χ3n) is 9.56. The summed E-state index contributed by atoms with van der Waals surface area (Å²) in [5.74, 6) is 2.98. The predicted octanol–water partition coefficient (Wildman–Crippen LogP) is 4.47. The van der Waals surface area contributed by atoms with Crippen molar-refractivity contribution in [2.45, 2.75) is 101 Å². The van der Waals surface area contributed by atoms with Crippen molar-refractivity contribution in [2.75, 3.05) is 0 Å². The largest absolute Gasteiger partial charge is 0.370 e. The number of fused-ring (bicyclic) bond motifs is 4. The van der Waals surface area contributed by atoms with E-state index < -0.39 is 0 Å². The first-order valence-electron chi connectivity index (χ1n) is 12.5. The summed E-state index contributed by atoms with van der Waals surface area (Å²) in [6.07, 6.45) is 12.4. The molecule has 2 aliphatic heterocycles. The summed E-state index contributed by atoms with van der Waals surface area (Å²) in [5.41, 5.74) is 6.47. The fraction of sp³-hybridized carbons (Fsp3) is 0.769. The molecule has 0 spiro atoms. The molecular formula is C26H32O4. The Morgan fingerprint density at radius 1 is 0.600 bits per heavy atom. The maximum absolute atomic E-state index is 12.2. The minimum atomic E-state index is 0.0559. The Hall–Kier alpha value is -1.26. The van der Waals surface area contributed by atoms with Gasteiger partial charge in [0.25, 0.3) is 0 Å². The molecular weight excluding hydrogens is 376 g/mol. The van der Waals surface area contributed by atoms with Gasteiger partial charge in [0.05, 0.1) is 24.4 Å². The second-order valence-electron chi connectivity index (χ2n) is 10.9. The number of ketones is 2. The van der Waals surface area contributed by atoms with Crippen LogP contribution in [0.25, 0.3) is 0 Å². The highest BCUT2D eigenvalue weighted by Gasteiger charge is 2.58. The van der Waals surface area contributed by atoms with Crippen molar-refractivity contribution in [3.8, 4) is 0 Å². The van der Waals surface area contributed by atoms with Gasteiger partial charge in [-0.05, 0) is 61.5 Å². The van der Waals surface area contributed by atoms with E-state index in [1.54, 1.807) is 11.1 Å². The normalized spacial score (nSPS) is 47.3. The molecule has 0 aromatic rings. The van der Waals surface area contributed by atoms with Crippen molar-refractivity contribution in [2.24, 2.45) is 23.7 Å². The van der Waals surface area contributed by atoms with Crippen LogP contribution >= 0.6 is 0 Å². The van der Waals surface area contributed by atoms with E-state index in [-0.39, 0.29) is 12.2 Å². The molecule has 7 aliphatic rings. The predicted molar refractivity (Wildman–Crippen MR) is 111 cm³/mol. The van der Waals surface area contributed by atoms with E-state index in [9.17, 15) is 9.59 Å². The monoisotopic (exact) mass is 408 g/mol. The van der Waals surface area contributed by atoms with Crippen LogP contribution in [0, 0.1) is 23.7 Å². The first kappa shape index (κ1) is 18.3. The number of carbonyl (C=O) groups is 2. The van der Waals surface area contributed by atoms with Crippen molar-refractivity contribution in [3.63, 3.8) is 0 Å². The maximum Gasteiger partial charge on any atom is 0.136 e. The molecule has 8 atom stereocenters. The average Bonchev–Trinajstić information content (AvgIpc) is 2.75. The highest BCUT2D eigenvalue weighted by atomic mass is 16.5.